The van der Waals surface area contributed by atoms with Gasteiger partial charge in [0, 0.05) is 24.7 Å². The molecular formula is C21H29N3O4S. The van der Waals surface area contributed by atoms with Gasteiger partial charge in [-0.3, -0.25) is 14.4 Å². The molecule has 0 aliphatic rings. The number of nitrogens with zero attached hydrogens (tertiary/aromatic N) is 1. The molecule has 0 heterocycles. The Morgan fingerprint density at radius 1 is 1.10 bits per heavy atom. The molecular weight excluding hydrogens is 390 g/mol. The van der Waals surface area contributed by atoms with E-state index in [4.69, 9.17) is 4.74 Å². The molecule has 158 valence electrons. The third-order valence-electron chi connectivity index (χ3n) is 4.60. The molecule has 2 rings (SSSR count). The van der Waals surface area contributed by atoms with Crippen molar-refractivity contribution in [1.29, 1.82) is 0 Å². The predicted molar refractivity (Wildman–Crippen MR) is 115 cm³/mol. The first-order chi connectivity index (χ1) is 13.8. The molecule has 0 fully saturated rings. The Labute approximate surface area is 173 Å². The standard InChI is InChI=1S/C21H29N3O4S/c1-5-24(16(2)3)15-14-22-21(25)17-10-12-18(13-11-17)29(26,27)23-19-8-6-7-9-20(19)28-4/h6-13,16,23H,5,14-15H2,1-4H3,(H,22,25). The Bertz CT molecular complexity index is 912. The molecule has 0 aromatic heterocycles. The average Bonchev–Trinajstić information content (AvgIpc) is 2.71. The zero-order chi connectivity index (χ0) is 21.4. The number of hydrogen-bond donors (Lipinski definition) is 2. The zero-order valence-electron chi connectivity index (χ0n) is 17.3. The summed E-state index contributed by atoms with van der Waals surface area (Å²) in [5.74, 6) is 0.195. The van der Waals surface area contributed by atoms with Gasteiger partial charge in [0.2, 0.25) is 0 Å². The molecule has 2 N–H and O–H groups in total. The van der Waals surface area contributed by atoms with E-state index in [0.717, 1.165) is 13.1 Å². The number of benzene rings is 2. The Balaban J connectivity index is 2.02. The molecule has 0 unspecified atom stereocenters. The van der Waals surface area contributed by atoms with Gasteiger partial charge in [-0.15, -0.1) is 0 Å². The summed E-state index contributed by atoms with van der Waals surface area (Å²) in [6, 6.07) is 13.0. The molecule has 7 nitrogen and oxygen atoms in total. The second kappa shape index (κ2) is 10.3. The number of para-hydroxylation sites is 2. The molecule has 0 bridgehead atoms. The minimum absolute atomic E-state index is 0.0666. The smallest absolute Gasteiger partial charge is 0.262 e. The minimum atomic E-state index is -3.80. The molecule has 0 aliphatic carbocycles. The van der Waals surface area contributed by atoms with Crippen molar-refractivity contribution in [2.75, 3.05) is 31.5 Å². The lowest BCUT2D eigenvalue weighted by Crippen LogP contribution is -2.38. The summed E-state index contributed by atoms with van der Waals surface area (Å²) in [5, 5.41) is 2.87. The fourth-order valence-electron chi connectivity index (χ4n) is 2.91. The van der Waals surface area contributed by atoms with Crippen LogP contribution in [0.15, 0.2) is 53.4 Å². The molecule has 0 saturated carbocycles. The van der Waals surface area contributed by atoms with Gasteiger partial charge in [-0.25, -0.2) is 8.42 Å². The van der Waals surface area contributed by atoms with E-state index in [2.05, 4.69) is 35.7 Å². The van der Waals surface area contributed by atoms with Crippen molar-refractivity contribution < 1.29 is 17.9 Å². The molecule has 0 radical (unpaired) electrons. The van der Waals surface area contributed by atoms with E-state index in [9.17, 15) is 13.2 Å². The van der Waals surface area contributed by atoms with Crippen LogP contribution in [0.5, 0.6) is 5.75 Å². The van der Waals surface area contributed by atoms with Crippen molar-refractivity contribution in [2.24, 2.45) is 0 Å². The van der Waals surface area contributed by atoms with Crippen LogP contribution in [0.2, 0.25) is 0 Å². The first-order valence-corrected chi connectivity index (χ1v) is 11.0. The maximum absolute atomic E-state index is 12.6. The Hall–Kier alpha value is -2.58. The van der Waals surface area contributed by atoms with Crippen molar-refractivity contribution >= 4 is 21.6 Å². The molecule has 8 heteroatoms. The van der Waals surface area contributed by atoms with Crippen LogP contribution in [0.1, 0.15) is 31.1 Å². The van der Waals surface area contributed by atoms with Crippen LogP contribution >= 0.6 is 0 Å². The number of sulfonamides is 1. The van der Waals surface area contributed by atoms with Gasteiger partial charge in [0.25, 0.3) is 15.9 Å². The maximum Gasteiger partial charge on any atom is 0.262 e. The van der Waals surface area contributed by atoms with Crippen LogP contribution < -0.4 is 14.8 Å². The normalized spacial score (nSPS) is 11.5. The monoisotopic (exact) mass is 419 g/mol. The maximum atomic E-state index is 12.6. The quantitative estimate of drug-likeness (QED) is 0.618. The van der Waals surface area contributed by atoms with Gasteiger partial charge in [0.15, 0.2) is 0 Å². The minimum Gasteiger partial charge on any atom is -0.495 e. The molecule has 2 aromatic carbocycles. The van der Waals surface area contributed by atoms with Crippen molar-refractivity contribution in [3.05, 3.63) is 54.1 Å². The lowest BCUT2D eigenvalue weighted by Gasteiger charge is -2.24. The summed E-state index contributed by atoms with van der Waals surface area (Å²) in [5.41, 5.74) is 0.760. The van der Waals surface area contributed by atoms with Crippen LogP contribution in [0, 0.1) is 0 Å². The molecule has 0 atom stereocenters. The highest BCUT2D eigenvalue weighted by molar-refractivity contribution is 7.92. The number of ether oxygens (including phenoxy) is 1. The second-order valence-electron chi connectivity index (χ2n) is 6.81. The van der Waals surface area contributed by atoms with Crippen LogP contribution in [0.25, 0.3) is 0 Å². The van der Waals surface area contributed by atoms with Crippen molar-refractivity contribution in [3.8, 4) is 5.75 Å². The fraction of sp³-hybridized carbons (Fsp3) is 0.381. The Morgan fingerprint density at radius 3 is 2.34 bits per heavy atom. The number of rotatable bonds is 10. The number of hydrogen-bond acceptors (Lipinski definition) is 5. The molecule has 1 amide bonds. The van der Waals surface area contributed by atoms with E-state index >= 15 is 0 Å². The van der Waals surface area contributed by atoms with E-state index in [1.807, 2.05) is 0 Å². The number of likely N-dealkylation sites (N-methyl/N-ethyl adjacent to an activating group) is 1. The van der Waals surface area contributed by atoms with Gasteiger partial charge < -0.3 is 10.1 Å². The van der Waals surface area contributed by atoms with E-state index < -0.39 is 10.0 Å². The topological polar surface area (TPSA) is 87.7 Å². The lowest BCUT2D eigenvalue weighted by atomic mass is 10.2. The van der Waals surface area contributed by atoms with Crippen LogP contribution in [0.3, 0.4) is 0 Å². The van der Waals surface area contributed by atoms with Crippen molar-refractivity contribution in [1.82, 2.24) is 10.2 Å². The number of anilines is 1. The first kappa shape index (κ1) is 22.7. The van der Waals surface area contributed by atoms with E-state index in [0.29, 0.717) is 29.6 Å². The van der Waals surface area contributed by atoms with E-state index in [1.165, 1.54) is 31.4 Å². The first-order valence-electron chi connectivity index (χ1n) is 9.56. The largest absolute Gasteiger partial charge is 0.495 e. The zero-order valence-corrected chi connectivity index (χ0v) is 18.1. The number of amides is 1. The fourth-order valence-corrected chi connectivity index (χ4v) is 3.99. The summed E-state index contributed by atoms with van der Waals surface area (Å²) in [6.45, 7) is 8.52. The van der Waals surface area contributed by atoms with Gasteiger partial charge >= 0.3 is 0 Å². The predicted octanol–water partition coefficient (Wildman–Crippen LogP) is 2.96. The van der Waals surface area contributed by atoms with Gasteiger partial charge in [0.05, 0.1) is 17.7 Å². The van der Waals surface area contributed by atoms with Crippen molar-refractivity contribution in [3.63, 3.8) is 0 Å². The van der Waals surface area contributed by atoms with Gasteiger partial charge in [-0.1, -0.05) is 19.1 Å². The van der Waals surface area contributed by atoms with Crippen molar-refractivity contribution in [2.45, 2.75) is 31.7 Å². The van der Waals surface area contributed by atoms with E-state index in [-0.39, 0.29) is 10.8 Å². The van der Waals surface area contributed by atoms with Gasteiger partial charge in [-0.05, 0) is 56.8 Å². The summed E-state index contributed by atoms with van der Waals surface area (Å²) >= 11 is 0. The number of nitrogens with one attached hydrogen (secondary N) is 2. The van der Waals surface area contributed by atoms with Crippen LogP contribution in [-0.4, -0.2) is 52.0 Å². The Kier molecular flexibility index (Phi) is 8.04. The van der Waals surface area contributed by atoms with Crippen LogP contribution in [-0.2, 0) is 10.0 Å². The average molecular weight is 420 g/mol. The van der Waals surface area contributed by atoms with Crippen LogP contribution in [0.4, 0.5) is 5.69 Å². The molecule has 0 saturated heterocycles. The SMILES string of the molecule is CCN(CCNC(=O)c1ccc(S(=O)(=O)Nc2ccccc2OC)cc1)C(C)C. The highest BCUT2D eigenvalue weighted by atomic mass is 32.2. The third kappa shape index (κ3) is 6.20. The Morgan fingerprint density at radius 2 is 1.76 bits per heavy atom. The van der Waals surface area contributed by atoms with Gasteiger partial charge in [-0.2, -0.15) is 0 Å². The highest BCUT2D eigenvalue weighted by Crippen LogP contribution is 2.26. The summed E-state index contributed by atoms with van der Waals surface area (Å²) < 4.78 is 32.9. The summed E-state index contributed by atoms with van der Waals surface area (Å²) in [4.78, 5) is 14.6. The number of carbonyl (C=O) groups excluding carboxylic acids is 1. The van der Waals surface area contributed by atoms with E-state index in [1.54, 1.807) is 24.3 Å². The van der Waals surface area contributed by atoms with Gasteiger partial charge in [0.1, 0.15) is 5.75 Å². The molecule has 2 aromatic rings. The summed E-state index contributed by atoms with van der Waals surface area (Å²) in [6.07, 6.45) is 0. The highest BCUT2D eigenvalue weighted by Gasteiger charge is 2.17. The number of methoxy groups -OCH3 is 1. The summed E-state index contributed by atoms with van der Waals surface area (Å²) in [7, 11) is -2.32. The number of carbonyl (C=O) groups is 1. The third-order valence-corrected chi connectivity index (χ3v) is 5.98. The second-order valence-corrected chi connectivity index (χ2v) is 8.49. The molecule has 0 aliphatic heterocycles. The lowest BCUT2D eigenvalue weighted by molar-refractivity contribution is 0.0946. The molecule has 0 spiro atoms. The molecule has 29 heavy (non-hydrogen) atoms.